The van der Waals surface area contributed by atoms with Gasteiger partial charge < -0.3 is 16.0 Å². The Morgan fingerprint density at radius 3 is 2.43 bits per heavy atom. The van der Waals surface area contributed by atoms with Crippen LogP contribution in [0.3, 0.4) is 0 Å². The molecule has 0 aliphatic heterocycles. The Morgan fingerprint density at radius 2 is 1.86 bits per heavy atom. The Kier molecular flexibility index (Phi) is 9.41. The van der Waals surface area contributed by atoms with Gasteiger partial charge in [0.1, 0.15) is 0 Å². The van der Waals surface area contributed by atoms with Crippen LogP contribution in [-0.4, -0.2) is 37.4 Å². The second-order valence-electron chi connectivity index (χ2n) is 4.96. The van der Waals surface area contributed by atoms with Gasteiger partial charge in [-0.1, -0.05) is 30.3 Å². The summed E-state index contributed by atoms with van der Waals surface area (Å²) in [5, 5.41) is 2.79. The fraction of sp³-hybridized carbons (Fsp3) is 0.467. The van der Waals surface area contributed by atoms with E-state index in [2.05, 4.69) is 5.32 Å². The van der Waals surface area contributed by atoms with Crippen molar-refractivity contribution >= 4 is 24.2 Å². The zero-order valence-electron chi connectivity index (χ0n) is 12.5. The van der Waals surface area contributed by atoms with Crippen LogP contribution in [0.4, 0.5) is 0 Å². The minimum Gasteiger partial charge on any atom is -0.356 e. The van der Waals surface area contributed by atoms with Crippen molar-refractivity contribution in [2.75, 3.05) is 20.6 Å². The molecule has 6 heteroatoms. The molecule has 0 spiro atoms. The maximum absolute atomic E-state index is 11.7. The summed E-state index contributed by atoms with van der Waals surface area (Å²) >= 11 is 0. The lowest BCUT2D eigenvalue weighted by atomic mass is 10.0. The van der Waals surface area contributed by atoms with E-state index in [1.165, 1.54) is 0 Å². The number of nitrogens with two attached hydrogens (primary N) is 1. The molecular weight excluding hydrogens is 290 g/mol. The molecule has 0 heterocycles. The van der Waals surface area contributed by atoms with Crippen LogP contribution in [0.5, 0.6) is 0 Å². The molecule has 0 saturated heterocycles. The molecule has 1 aromatic rings. The van der Waals surface area contributed by atoms with Gasteiger partial charge >= 0.3 is 0 Å². The number of carbonyl (C=O) groups excluding carboxylic acids is 2. The number of rotatable bonds is 7. The summed E-state index contributed by atoms with van der Waals surface area (Å²) in [5.41, 5.74) is 6.92. The van der Waals surface area contributed by atoms with Crippen LogP contribution in [0, 0.1) is 0 Å². The third kappa shape index (κ3) is 7.68. The summed E-state index contributed by atoms with van der Waals surface area (Å²) < 4.78 is 0. The highest BCUT2D eigenvalue weighted by molar-refractivity contribution is 5.85. The van der Waals surface area contributed by atoms with Gasteiger partial charge in [-0.3, -0.25) is 9.59 Å². The van der Waals surface area contributed by atoms with Crippen molar-refractivity contribution in [3.05, 3.63) is 35.9 Å². The predicted octanol–water partition coefficient (Wildman–Crippen LogP) is 1.48. The van der Waals surface area contributed by atoms with E-state index < -0.39 is 0 Å². The first-order chi connectivity index (χ1) is 9.50. The number of hydrogen-bond donors (Lipinski definition) is 2. The average Bonchev–Trinajstić information content (AvgIpc) is 2.44. The van der Waals surface area contributed by atoms with Gasteiger partial charge in [-0.05, 0) is 12.0 Å². The predicted molar refractivity (Wildman–Crippen MR) is 86.2 cm³/mol. The van der Waals surface area contributed by atoms with Crippen LogP contribution < -0.4 is 11.1 Å². The van der Waals surface area contributed by atoms with Crippen molar-refractivity contribution in [2.24, 2.45) is 5.73 Å². The summed E-state index contributed by atoms with van der Waals surface area (Å²) in [4.78, 5) is 24.6. The number of nitrogens with one attached hydrogen (secondary N) is 1. The molecule has 0 saturated carbocycles. The Labute approximate surface area is 132 Å². The number of carbonyl (C=O) groups is 2. The molecular formula is C15H24ClN3O2. The van der Waals surface area contributed by atoms with E-state index in [1.54, 1.807) is 19.0 Å². The second kappa shape index (κ2) is 10.2. The van der Waals surface area contributed by atoms with Crippen molar-refractivity contribution < 1.29 is 9.59 Å². The number of nitrogens with zero attached hydrogens (tertiary/aromatic N) is 1. The topological polar surface area (TPSA) is 75.4 Å². The number of benzene rings is 1. The van der Waals surface area contributed by atoms with Gasteiger partial charge in [0, 0.05) is 39.5 Å². The molecule has 1 aromatic carbocycles. The quantitative estimate of drug-likeness (QED) is 0.749. The molecule has 0 fully saturated rings. The standard InChI is InChI=1S/C15H23N3O2.ClH/c1-18(2)15(20)9-6-10-17-14(19)11-13(16)12-7-4-3-5-8-12;/h3-5,7-8,13H,6,9-11,16H2,1-2H3,(H,17,19);1H. The summed E-state index contributed by atoms with van der Waals surface area (Å²) in [6, 6.07) is 9.25. The zero-order valence-corrected chi connectivity index (χ0v) is 13.4. The minimum atomic E-state index is -0.292. The zero-order chi connectivity index (χ0) is 15.0. The highest BCUT2D eigenvalue weighted by Gasteiger charge is 2.11. The summed E-state index contributed by atoms with van der Waals surface area (Å²) in [5.74, 6) is -0.0149. The monoisotopic (exact) mass is 313 g/mol. The molecule has 0 bridgehead atoms. The van der Waals surface area contributed by atoms with Crippen LogP contribution in [0.2, 0.25) is 0 Å². The maximum atomic E-state index is 11.7. The first kappa shape index (κ1) is 19.4. The molecule has 0 radical (unpaired) electrons. The van der Waals surface area contributed by atoms with Gasteiger partial charge in [-0.15, -0.1) is 12.4 Å². The lowest BCUT2D eigenvalue weighted by molar-refractivity contribution is -0.129. The molecule has 0 aromatic heterocycles. The summed E-state index contributed by atoms with van der Waals surface area (Å²) in [7, 11) is 3.44. The Hall–Kier alpha value is -1.59. The van der Waals surface area contributed by atoms with E-state index in [0.29, 0.717) is 19.4 Å². The van der Waals surface area contributed by atoms with Gasteiger partial charge in [-0.25, -0.2) is 0 Å². The van der Waals surface area contributed by atoms with Crippen molar-refractivity contribution in [3.8, 4) is 0 Å². The largest absolute Gasteiger partial charge is 0.356 e. The Balaban J connectivity index is 0.00000400. The molecule has 3 N–H and O–H groups in total. The van der Waals surface area contributed by atoms with Crippen molar-refractivity contribution in [1.29, 1.82) is 0 Å². The molecule has 1 unspecified atom stereocenters. The maximum Gasteiger partial charge on any atom is 0.222 e. The highest BCUT2D eigenvalue weighted by Crippen LogP contribution is 2.12. The van der Waals surface area contributed by atoms with E-state index in [-0.39, 0.29) is 36.7 Å². The molecule has 1 atom stereocenters. The second-order valence-corrected chi connectivity index (χ2v) is 4.96. The third-order valence-corrected chi connectivity index (χ3v) is 3.02. The van der Waals surface area contributed by atoms with Gasteiger partial charge in [-0.2, -0.15) is 0 Å². The van der Waals surface area contributed by atoms with Gasteiger partial charge in [0.05, 0.1) is 0 Å². The lowest BCUT2D eigenvalue weighted by Gasteiger charge is -2.13. The molecule has 21 heavy (non-hydrogen) atoms. The normalized spacial score (nSPS) is 11.2. The first-order valence-electron chi connectivity index (χ1n) is 6.78. The van der Waals surface area contributed by atoms with E-state index in [1.807, 2.05) is 30.3 Å². The SMILES string of the molecule is CN(C)C(=O)CCCNC(=O)CC(N)c1ccccc1.Cl. The molecule has 0 aliphatic rings. The van der Waals surface area contributed by atoms with Crippen molar-refractivity contribution in [3.63, 3.8) is 0 Å². The van der Waals surface area contributed by atoms with E-state index in [0.717, 1.165) is 5.56 Å². The molecule has 2 amide bonds. The minimum absolute atomic E-state index is 0. The smallest absolute Gasteiger partial charge is 0.222 e. The van der Waals surface area contributed by atoms with Crippen LogP contribution in [-0.2, 0) is 9.59 Å². The fourth-order valence-electron chi connectivity index (χ4n) is 1.78. The van der Waals surface area contributed by atoms with E-state index in [4.69, 9.17) is 5.73 Å². The summed E-state index contributed by atoms with van der Waals surface area (Å²) in [6.45, 7) is 0.500. The molecule has 118 valence electrons. The van der Waals surface area contributed by atoms with E-state index in [9.17, 15) is 9.59 Å². The first-order valence-corrected chi connectivity index (χ1v) is 6.78. The number of amides is 2. The number of hydrogen-bond acceptors (Lipinski definition) is 3. The third-order valence-electron chi connectivity index (χ3n) is 3.02. The Morgan fingerprint density at radius 1 is 1.24 bits per heavy atom. The van der Waals surface area contributed by atoms with Crippen molar-refractivity contribution in [2.45, 2.75) is 25.3 Å². The Bertz CT molecular complexity index is 438. The van der Waals surface area contributed by atoms with Gasteiger partial charge in [0.15, 0.2) is 0 Å². The van der Waals surface area contributed by atoms with Crippen molar-refractivity contribution in [1.82, 2.24) is 10.2 Å². The highest BCUT2D eigenvalue weighted by atomic mass is 35.5. The van der Waals surface area contributed by atoms with Crippen LogP contribution in [0.15, 0.2) is 30.3 Å². The van der Waals surface area contributed by atoms with E-state index >= 15 is 0 Å². The summed E-state index contributed by atoms with van der Waals surface area (Å²) in [6.07, 6.45) is 1.34. The number of halogens is 1. The molecule has 5 nitrogen and oxygen atoms in total. The fourth-order valence-corrected chi connectivity index (χ4v) is 1.78. The van der Waals surface area contributed by atoms with Gasteiger partial charge in [0.2, 0.25) is 11.8 Å². The lowest BCUT2D eigenvalue weighted by Crippen LogP contribution is -2.29. The van der Waals surface area contributed by atoms with Gasteiger partial charge in [0.25, 0.3) is 0 Å². The van der Waals surface area contributed by atoms with Crippen LogP contribution in [0.1, 0.15) is 30.9 Å². The molecule has 1 rings (SSSR count). The van der Waals surface area contributed by atoms with Crippen LogP contribution in [0.25, 0.3) is 0 Å². The van der Waals surface area contributed by atoms with Crippen LogP contribution >= 0.6 is 12.4 Å². The average molecular weight is 314 g/mol. The molecule has 0 aliphatic carbocycles.